The van der Waals surface area contributed by atoms with Crippen molar-refractivity contribution in [1.29, 1.82) is 0 Å². The van der Waals surface area contributed by atoms with Gasteiger partial charge in [-0.05, 0) is 55.8 Å². The maximum absolute atomic E-state index is 4.78. The lowest BCUT2D eigenvalue weighted by Gasteiger charge is -2.31. The molecule has 26 heavy (non-hydrogen) atoms. The van der Waals surface area contributed by atoms with E-state index in [0.29, 0.717) is 11.7 Å². The predicted molar refractivity (Wildman–Crippen MR) is 103 cm³/mol. The summed E-state index contributed by atoms with van der Waals surface area (Å²) in [7, 11) is 0. The highest BCUT2D eigenvalue weighted by atomic mass is 15.3. The third-order valence-corrected chi connectivity index (χ3v) is 5.10. The van der Waals surface area contributed by atoms with Crippen LogP contribution >= 0.6 is 0 Å². The van der Waals surface area contributed by atoms with Crippen LogP contribution in [0.2, 0.25) is 0 Å². The molecule has 0 aromatic carbocycles. The highest BCUT2D eigenvalue weighted by Crippen LogP contribution is 2.23. The van der Waals surface area contributed by atoms with E-state index in [9.17, 15) is 0 Å². The van der Waals surface area contributed by atoms with E-state index in [-0.39, 0.29) is 0 Å². The fraction of sp³-hybridized carbons (Fsp3) is 0.400. The van der Waals surface area contributed by atoms with Gasteiger partial charge >= 0.3 is 0 Å². The van der Waals surface area contributed by atoms with Crippen molar-refractivity contribution >= 4 is 17.0 Å². The molecule has 0 saturated carbocycles. The number of fused-ring (bicyclic) bond motifs is 1. The predicted octanol–water partition coefficient (Wildman–Crippen LogP) is 2.91. The Morgan fingerprint density at radius 3 is 2.77 bits per heavy atom. The second-order valence-electron chi connectivity index (χ2n) is 6.73. The summed E-state index contributed by atoms with van der Waals surface area (Å²) < 4.78 is 0. The molecule has 0 radical (unpaired) electrons. The summed E-state index contributed by atoms with van der Waals surface area (Å²) in [5, 5.41) is 0. The second-order valence-corrected chi connectivity index (χ2v) is 6.73. The molecule has 6 heteroatoms. The lowest BCUT2D eigenvalue weighted by molar-refractivity contribution is 0.268. The Kier molecular flexibility index (Phi) is 5.02. The molecule has 0 spiro atoms. The van der Waals surface area contributed by atoms with Crippen LogP contribution in [0.4, 0.5) is 5.82 Å². The van der Waals surface area contributed by atoms with Gasteiger partial charge in [0.25, 0.3) is 0 Å². The first-order chi connectivity index (χ1) is 12.8. The quantitative estimate of drug-likeness (QED) is 0.683. The molecular weight excluding hydrogens is 324 g/mol. The average molecular weight is 348 g/mol. The lowest BCUT2D eigenvalue weighted by Crippen LogP contribution is -2.40. The minimum Gasteiger partial charge on any atom is -0.351 e. The summed E-state index contributed by atoms with van der Waals surface area (Å²) in [6.07, 6.45) is 9.62. The van der Waals surface area contributed by atoms with Gasteiger partial charge < -0.3 is 4.90 Å². The molecule has 1 atom stereocenters. The third kappa shape index (κ3) is 3.65. The van der Waals surface area contributed by atoms with Gasteiger partial charge in [-0.2, -0.15) is 0 Å². The largest absolute Gasteiger partial charge is 0.351 e. The van der Waals surface area contributed by atoms with E-state index in [1.807, 2.05) is 18.5 Å². The molecule has 4 rings (SSSR count). The Bertz CT molecular complexity index is 853. The molecule has 0 N–H and O–H groups in total. The van der Waals surface area contributed by atoms with Crippen LogP contribution in [0.25, 0.3) is 11.2 Å². The van der Waals surface area contributed by atoms with Crippen LogP contribution in [0.15, 0.2) is 49.1 Å². The highest BCUT2D eigenvalue weighted by Gasteiger charge is 2.26. The van der Waals surface area contributed by atoms with E-state index in [0.717, 1.165) is 31.0 Å². The van der Waals surface area contributed by atoms with Gasteiger partial charge in [-0.25, -0.2) is 9.97 Å². The molecule has 3 aromatic heterocycles. The van der Waals surface area contributed by atoms with Crippen molar-refractivity contribution in [1.82, 2.24) is 24.8 Å². The summed E-state index contributed by atoms with van der Waals surface area (Å²) in [4.78, 5) is 22.6. The van der Waals surface area contributed by atoms with Gasteiger partial charge in [0.15, 0.2) is 5.65 Å². The monoisotopic (exact) mass is 348 g/mol. The molecule has 0 bridgehead atoms. The van der Waals surface area contributed by atoms with Crippen molar-refractivity contribution < 1.29 is 0 Å². The molecule has 3 aromatic rings. The van der Waals surface area contributed by atoms with Crippen molar-refractivity contribution in [3.63, 3.8) is 0 Å². The molecule has 1 aliphatic rings. The zero-order chi connectivity index (χ0) is 17.8. The van der Waals surface area contributed by atoms with Gasteiger partial charge in [0.1, 0.15) is 11.3 Å². The summed E-state index contributed by atoms with van der Waals surface area (Å²) in [6.45, 7) is 6.32. The maximum atomic E-state index is 4.78. The van der Waals surface area contributed by atoms with E-state index in [1.54, 1.807) is 12.4 Å². The van der Waals surface area contributed by atoms with Crippen LogP contribution < -0.4 is 4.90 Å². The Balaban J connectivity index is 1.64. The van der Waals surface area contributed by atoms with Gasteiger partial charge in [-0.15, -0.1) is 0 Å². The van der Waals surface area contributed by atoms with Gasteiger partial charge in [0, 0.05) is 43.9 Å². The molecule has 6 nitrogen and oxygen atoms in total. The lowest BCUT2D eigenvalue weighted by atomic mass is 10.1. The van der Waals surface area contributed by atoms with Crippen molar-refractivity contribution in [2.45, 2.75) is 32.4 Å². The summed E-state index contributed by atoms with van der Waals surface area (Å²) in [5.41, 5.74) is 2.77. The van der Waals surface area contributed by atoms with Crippen molar-refractivity contribution in [3.05, 3.63) is 54.6 Å². The Hall–Kier alpha value is -2.60. The van der Waals surface area contributed by atoms with E-state index in [4.69, 9.17) is 4.98 Å². The Labute approximate surface area is 153 Å². The Morgan fingerprint density at radius 1 is 1.08 bits per heavy atom. The van der Waals surface area contributed by atoms with E-state index in [1.165, 1.54) is 24.9 Å². The van der Waals surface area contributed by atoms with Gasteiger partial charge in [0.2, 0.25) is 0 Å². The third-order valence-electron chi connectivity index (χ3n) is 5.10. The number of hydrogen-bond acceptors (Lipinski definition) is 6. The Morgan fingerprint density at radius 2 is 1.92 bits per heavy atom. The summed E-state index contributed by atoms with van der Waals surface area (Å²) >= 11 is 0. The van der Waals surface area contributed by atoms with E-state index in [2.05, 4.69) is 49.9 Å². The molecule has 1 saturated heterocycles. The van der Waals surface area contributed by atoms with Crippen LogP contribution in [0, 0.1) is 0 Å². The number of pyridine rings is 2. The SMILES string of the molecule is CCN1CCCC1CN(Cc1ccncc1)c1ccc2nccnc2n1. The van der Waals surface area contributed by atoms with Crippen LogP contribution in [0.1, 0.15) is 25.3 Å². The molecule has 1 aliphatic heterocycles. The second kappa shape index (κ2) is 7.74. The average Bonchev–Trinajstić information content (AvgIpc) is 3.15. The van der Waals surface area contributed by atoms with Crippen LogP contribution in [-0.4, -0.2) is 50.5 Å². The van der Waals surface area contributed by atoms with E-state index >= 15 is 0 Å². The number of likely N-dealkylation sites (N-methyl/N-ethyl adjacent to an activating group) is 1. The first kappa shape index (κ1) is 16.8. The molecule has 0 aliphatic carbocycles. The fourth-order valence-corrected chi connectivity index (χ4v) is 3.74. The topological polar surface area (TPSA) is 58.0 Å². The minimum absolute atomic E-state index is 0.571. The molecule has 0 amide bonds. The summed E-state index contributed by atoms with van der Waals surface area (Å²) in [5.74, 6) is 0.956. The fourth-order valence-electron chi connectivity index (χ4n) is 3.74. The van der Waals surface area contributed by atoms with Gasteiger partial charge in [-0.3, -0.25) is 14.9 Å². The van der Waals surface area contributed by atoms with Crippen LogP contribution in [0.5, 0.6) is 0 Å². The number of hydrogen-bond donors (Lipinski definition) is 0. The van der Waals surface area contributed by atoms with Crippen molar-refractivity contribution in [3.8, 4) is 0 Å². The number of nitrogens with zero attached hydrogens (tertiary/aromatic N) is 6. The number of likely N-dealkylation sites (tertiary alicyclic amines) is 1. The number of anilines is 1. The van der Waals surface area contributed by atoms with Gasteiger partial charge in [-0.1, -0.05) is 6.92 Å². The smallest absolute Gasteiger partial charge is 0.180 e. The van der Waals surface area contributed by atoms with E-state index < -0.39 is 0 Å². The first-order valence-electron chi connectivity index (χ1n) is 9.29. The zero-order valence-corrected chi connectivity index (χ0v) is 15.1. The van der Waals surface area contributed by atoms with Crippen molar-refractivity contribution in [2.75, 3.05) is 24.5 Å². The molecule has 134 valence electrons. The summed E-state index contributed by atoms with van der Waals surface area (Å²) in [6, 6.07) is 8.78. The normalized spacial score (nSPS) is 17.7. The number of aromatic nitrogens is 4. The molecular formula is C20H24N6. The first-order valence-corrected chi connectivity index (χ1v) is 9.29. The molecule has 1 unspecified atom stereocenters. The molecule has 4 heterocycles. The maximum Gasteiger partial charge on any atom is 0.180 e. The molecule has 1 fully saturated rings. The zero-order valence-electron chi connectivity index (χ0n) is 15.1. The van der Waals surface area contributed by atoms with Crippen LogP contribution in [0.3, 0.4) is 0 Å². The standard InChI is InChI=1S/C20H24N6/c1-2-25-13-3-4-17(25)15-26(14-16-7-9-21-10-8-16)19-6-5-18-20(24-19)23-12-11-22-18/h5-12,17H,2-4,13-15H2,1H3. The van der Waals surface area contributed by atoms with Crippen LogP contribution in [-0.2, 0) is 6.54 Å². The minimum atomic E-state index is 0.571. The van der Waals surface area contributed by atoms with Gasteiger partial charge in [0.05, 0.1) is 0 Å². The number of rotatable bonds is 6. The van der Waals surface area contributed by atoms with Crippen molar-refractivity contribution in [2.24, 2.45) is 0 Å². The highest BCUT2D eigenvalue weighted by molar-refractivity contribution is 5.71.